The Bertz CT molecular complexity index is 1190. The third kappa shape index (κ3) is 5.21. The number of sulfone groups is 1. The van der Waals surface area contributed by atoms with Crippen LogP contribution in [0.1, 0.15) is 28.4 Å². The second kappa shape index (κ2) is 10.5. The molecule has 9 heteroatoms. The maximum atomic E-state index is 13.4. The highest BCUT2D eigenvalue weighted by Gasteiger charge is 2.45. The fourth-order valence-corrected chi connectivity index (χ4v) is 8.59. The average molecular weight is 510 g/mol. The molecule has 33 heavy (non-hydrogen) atoms. The summed E-state index contributed by atoms with van der Waals surface area (Å²) in [5.41, 5.74) is 8.13. The molecule has 1 aliphatic rings. The number of rotatable bonds is 8. The predicted molar refractivity (Wildman–Crippen MR) is 134 cm³/mol. The Balaban J connectivity index is 0.00000306. The van der Waals surface area contributed by atoms with E-state index in [1.54, 1.807) is 30.3 Å². The van der Waals surface area contributed by atoms with Gasteiger partial charge in [-0.1, -0.05) is 48.5 Å². The van der Waals surface area contributed by atoms with Crippen molar-refractivity contribution in [1.82, 2.24) is 0 Å². The van der Waals surface area contributed by atoms with Crippen molar-refractivity contribution < 1.29 is 22.3 Å². The highest BCUT2D eigenvalue weighted by atomic mass is 35.5. The van der Waals surface area contributed by atoms with Crippen molar-refractivity contribution in [2.24, 2.45) is 5.73 Å². The van der Waals surface area contributed by atoms with Gasteiger partial charge in [0.15, 0.2) is 9.84 Å². The SMILES string of the molecule is Cl.NCc1c(OCCCc2ccccc2)ccc2c1C(S(=O)(=O)c1ccccc1)CS2(O)O. The second-order valence-electron chi connectivity index (χ2n) is 7.78. The van der Waals surface area contributed by atoms with Crippen LogP contribution in [0.25, 0.3) is 0 Å². The van der Waals surface area contributed by atoms with Gasteiger partial charge in [-0.15, -0.1) is 12.4 Å². The normalized spacial score (nSPS) is 17.6. The quantitative estimate of drug-likeness (QED) is 0.359. The lowest BCUT2D eigenvalue weighted by atomic mass is 10.0. The molecule has 0 aromatic heterocycles. The van der Waals surface area contributed by atoms with Crippen molar-refractivity contribution in [3.63, 3.8) is 0 Å². The summed E-state index contributed by atoms with van der Waals surface area (Å²) in [6.07, 6.45) is 1.64. The van der Waals surface area contributed by atoms with Crippen molar-refractivity contribution >= 4 is 32.8 Å². The van der Waals surface area contributed by atoms with Crippen molar-refractivity contribution in [3.05, 3.63) is 89.5 Å². The van der Waals surface area contributed by atoms with Crippen LogP contribution in [0.15, 0.2) is 82.6 Å². The molecular formula is C24H28ClNO5S2. The van der Waals surface area contributed by atoms with Crippen molar-refractivity contribution in [3.8, 4) is 5.75 Å². The van der Waals surface area contributed by atoms with Crippen molar-refractivity contribution in [1.29, 1.82) is 0 Å². The Hall–Kier alpha value is -2.07. The van der Waals surface area contributed by atoms with Gasteiger partial charge < -0.3 is 10.5 Å². The van der Waals surface area contributed by atoms with Gasteiger partial charge in [-0.25, -0.2) is 8.42 Å². The molecular weight excluding hydrogens is 482 g/mol. The molecule has 0 spiro atoms. The third-order valence-electron chi connectivity index (χ3n) is 5.69. The highest BCUT2D eigenvalue weighted by Crippen LogP contribution is 2.62. The van der Waals surface area contributed by atoms with E-state index in [1.165, 1.54) is 17.7 Å². The van der Waals surface area contributed by atoms with Crippen LogP contribution in [0.5, 0.6) is 5.75 Å². The molecule has 1 heterocycles. The van der Waals surface area contributed by atoms with E-state index in [4.69, 9.17) is 10.5 Å². The van der Waals surface area contributed by atoms with E-state index in [9.17, 15) is 17.5 Å². The molecule has 1 unspecified atom stereocenters. The standard InChI is InChI=1S/C24H27NO5S2.ClH/c25-16-20-21(30-15-7-10-18-8-3-1-4-9-18)13-14-22-24(20)23(17-31(22,26)27)32(28,29)19-11-5-2-6-12-19;/h1-6,8-9,11-14,23,26-27H,7,10,15-17,25H2;1H. The molecule has 0 saturated heterocycles. The topological polar surface area (TPSA) is 110 Å². The van der Waals surface area contributed by atoms with Gasteiger partial charge in [0, 0.05) is 17.7 Å². The summed E-state index contributed by atoms with van der Waals surface area (Å²) in [7, 11) is -7.09. The van der Waals surface area contributed by atoms with Crippen molar-refractivity contribution in [2.75, 3.05) is 12.4 Å². The highest BCUT2D eigenvalue weighted by molar-refractivity contribution is 8.25. The summed E-state index contributed by atoms with van der Waals surface area (Å²) in [5.74, 6) is 0.217. The maximum Gasteiger partial charge on any atom is 0.187 e. The Labute approximate surface area is 202 Å². The van der Waals surface area contributed by atoms with E-state index in [-0.39, 0.29) is 34.5 Å². The fourth-order valence-electron chi connectivity index (χ4n) is 4.11. The minimum atomic E-state index is -3.84. The summed E-state index contributed by atoms with van der Waals surface area (Å²) in [4.78, 5) is 0.393. The molecule has 0 fully saturated rings. The summed E-state index contributed by atoms with van der Waals surface area (Å²) in [6, 6.07) is 21.4. The van der Waals surface area contributed by atoms with Gasteiger partial charge in [0.1, 0.15) is 11.0 Å². The van der Waals surface area contributed by atoms with E-state index in [0.717, 1.165) is 12.8 Å². The lowest BCUT2D eigenvalue weighted by Gasteiger charge is -2.27. The smallest absolute Gasteiger partial charge is 0.187 e. The molecule has 4 rings (SSSR count). The third-order valence-corrected chi connectivity index (χ3v) is 9.84. The van der Waals surface area contributed by atoms with Crippen LogP contribution < -0.4 is 10.5 Å². The van der Waals surface area contributed by atoms with Gasteiger partial charge in [0.05, 0.1) is 22.2 Å². The number of aryl methyl sites for hydroxylation is 1. The zero-order valence-electron chi connectivity index (χ0n) is 18.0. The van der Waals surface area contributed by atoms with Crippen LogP contribution in [0.3, 0.4) is 0 Å². The number of fused-ring (bicyclic) bond motifs is 1. The van der Waals surface area contributed by atoms with Gasteiger partial charge in [-0.05, 0) is 42.7 Å². The first-order valence-corrected chi connectivity index (χ1v) is 13.7. The summed E-state index contributed by atoms with van der Waals surface area (Å²) in [5, 5.41) is -1.09. The molecule has 3 aromatic carbocycles. The molecule has 4 N–H and O–H groups in total. The van der Waals surface area contributed by atoms with Gasteiger partial charge in [-0.3, -0.25) is 9.11 Å². The minimum Gasteiger partial charge on any atom is -0.493 e. The van der Waals surface area contributed by atoms with E-state index < -0.39 is 25.7 Å². The number of hydrogen-bond acceptors (Lipinski definition) is 6. The van der Waals surface area contributed by atoms with Gasteiger partial charge in [-0.2, -0.15) is 10.6 Å². The van der Waals surface area contributed by atoms with Crippen LogP contribution in [0.4, 0.5) is 0 Å². The number of benzene rings is 3. The van der Waals surface area contributed by atoms with Gasteiger partial charge in [0.2, 0.25) is 0 Å². The van der Waals surface area contributed by atoms with Gasteiger partial charge >= 0.3 is 0 Å². The van der Waals surface area contributed by atoms with Crippen LogP contribution in [-0.4, -0.2) is 29.9 Å². The average Bonchev–Trinajstić information content (AvgIpc) is 3.09. The first-order chi connectivity index (χ1) is 15.3. The van der Waals surface area contributed by atoms with Gasteiger partial charge in [0.25, 0.3) is 0 Å². The fraction of sp³-hybridized carbons (Fsp3) is 0.250. The monoisotopic (exact) mass is 509 g/mol. The van der Waals surface area contributed by atoms with E-state index in [1.807, 2.05) is 18.2 Å². The second-order valence-corrected chi connectivity index (χ2v) is 12.0. The van der Waals surface area contributed by atoms with Crippen LogP contribution >= 0.6 is 23.0 Å². The minimum absolute atomic E-state index is 0. The molecule has 0 amide bonds. The maximum absolute atomic E-state index is 13.4. The Morgan fingerprint density at radius 2 is 1.61 bits per heavy atom. The Kier molecular flexibility index (Phi) is 8.10. The number of hydrogen-bond donors (Lipinski definition) is 3. The number of halogens is 1. The molecule has 1 atom stereocenters. The van der Waals surface area contributed by atoms with E-state index in [0.29, 0.717) is 23.5 Å². The molecule has 3 aromatic rings. The number of ether oxygens (including phenoxy) is 1. The first-order valence-electron chi connectivity index (χ1n) is 10.4. The van der Waals surface area contributed by atoms with Crippen molar-refractivity contribution in [2.45, 2.75) is 34.4 Å². The molecule has 0 bridgehead atoms. The summed E-state index contributed by atoms with van der Waals surface area (Å²) >= 11 is 0. The van der Waals surface area contributed by atoms with Crippen LogP contribution in [-0.2, 0) is 22.8 Å². The van der Waals surface area contributed by atoms with Crippen LogP contribution in [0.2, 0.25) is 0 Å². The molecule has 6 nitrogen and oxygen atoms in total. The zero-order chi connectivity index (χ0) is 22.8. The zero-order valence-corrected chi connectivity index (χ0v) is 20.4. The summed E-state index contributed by atoms with van der Waals surface area (Å²) < 4.78 is 54.1. The lowest BCUT2D eigenvalue weighted by molar-refractivity contribution is 0.307. The molecule has 0 saturated carbocycles. The molecule has 178 valence electrons. The lowest BCUT2D eigenvalue weighted by Crippen LogP contribution is -2.17. The summed E-state index contributed by atoms with van der Waals surface area (Å²) in [6.45, 7) is 0.473. The molecule has 0 radical (unpaired) electrons. The largest absolute Gasteiger partial charge is 0.493 e. The first kappa shape index (κ1) is 25.6. The van der Waals surface area contributed by atoms with E-state index in [2.05, 4.69) is 12.1 Å². The van der Waals surface area contributed by atoms with Crippen LogP contribution in [0, 0.1) is 0 Å². The predicted octanol–water partition coefficient (Wildman–Crippen LogP) is 5.22. The Morgan fingerprint density at radius 1 is 0.970 bits per heavy atom. The number of nitrogens with two attached hydrogens (primary N) is 1. The Morgan fingerprint density at radius 3 is 2.24 bits per heavy atom. The van der Waals surface area contributed by atoms with E-state index >= 15 is 0 Å². The molecule has 0 aliphatic carbocycles. The molecule has 1 aliphatic heterocycles.